The summed E-state index contributed by atoms with van der Waals surface area (Å²) in [4.78, 5) is 34.8. The first-order valence-electron chi connectivity index (χ1n) is 9.32. The van der Waals surface area contributed by atoms with Crippen molar-refractivity contribution in [1.29, 1.82) is 0 Å². The Morgan fingerprint density at radius 1 is 1.14 bits per heavy atom. The molecule has 1 saturated carbocycles. The summed E-state index contributed by atoms with van der Waals surface area (Å²) in [5.41, 5.74) is 5.87. The molecule has 0 radical (unpaired) electrons. The number of nitrogens with one attached hydrogen (secondary N) is 3. The largest absolute Gasteiger partial charge is 0.484 e. The van der Waals surface area contributed by atoms with Crippen molar-refractivity contribution in [3.8, 4) is 5.75 Å². The van der Waals surface area contributed by atoms with E-state index < -0.39 is 16.7 Å². The Hall–Kier alpha value is -3.62. The van der Waals surface area contributed by atoms with E-state index >= 15 is 0 Å². The van der Waals surface area contributed by atoms with Crippen LogP contribution in [0.1, 0.15) is 35.7 Å². The maximum atomic E-state index is 12.2. The van der Waals surface area contributed by atoms with Crippen molar-refractivity contribution in [2.75, 3.05) is 11.9 Å². The van der Waals surface area contributed by atoms with Gasteiger partial charge in [-0.25, -0.2) is 0 Å². The summed E-state index contributed by atoms with van der Waals surface area (Å²) < 4.78 is 5.35. The number of carbonyl (C=O) groups is 2. The van der Waals surface area contributed by atoms with E-state index in [2.05, 4.69) is 16.2 Å². The third-order valence-corrected chi connectivity index (χ3v) is 4.41. The van der Waals surface area contributed by atoms with Crippen LogP contribution in [0.2, 0.25) is 0 Å². The lowest BCUT2D eigenvalue weighted by Gasteiger charge is -2.10. The molecular weight excluding hydrogens is 376 g/mol. The Morgan fingerprint density at radius 2 is 1.86 bits per heavy atom. The summed E-state index contributed by atoms with van der Waals surface area (Å²) >= 11 is 0. The second-order valence-corrected chi connectivity index (χ2v) is 6.70. The van der Waals surface area contributed by atoms with E-state index in [1.165, 1.54) is 18.2 Å². The quantitative estimate of drug-likeness (QED) is 0.464. The third kappa shape index (κ3) is 5.68. The molecule has 0 saturated heterocycles. The lowest BCUT2D eigenvalue weighted by Crippen LogP contribution is -2.43. The van der Waals surface area contributed by atoms with Gasteiger partial charge < -0.3 is 10.1 Å². The summed E-state index contributed by atoms with van der Waals surface area (Å²) in [6.45, 7) is 1.76. The highest BCUT2D eigenvalue weighted by Crippen LogP contribution is 2.31. The van der Waals surface area contributed by atoms with Gasteiger partial charge in [0.1, 0.15) is 11.4 Å². The molecule has 9 heteroatoms. The van der Waals surface area contributed by atoms with Gasteiger partial charge in [-0.1, -0.05) is 19.1 Å². The highest BCUT2D eigenvalue weighted by molar-refractivity contribution is 5.96. The van der Waals surface area contributed by atoms with Crippen LogP contribution in [0.25, 0.3) is 0 Å². The zero-order valence-electron chi connectivity index (χ0n) is 15.9. The minimum Gasteiger partial charge on any atom is -0.484 e. The van der Waals surface area contributed by atoms with E-state index in [0.717, 1.165) is 24.8 Å². The van der Waals surface area contributed by atoms with E-state index in [1.54, 1.807) is 12.1 Å². The summed E-state index contributed by atoms with van der Waals surface area (Å²) in [6.07, 6.45) is 2.84. The number of ether oxygens (including phenoxy) is 1. The number of benzene rings is 2. The standard InChI is InChI=1S/C20H22N4O5/c1-2-13-3-8-16(9-4-13)29-12-19(25)22-23-20(26)14-5-10-17(21-15-6-7-15)18(11-14)24(27)28/h3-5,8-11,15,21H,2,6-7,12H2,1H3,(H,22,25)(H,23,26). The molecule has 3 N–H and O–H groups in total. The molecule has 1 fully saturated rings. The average Bonchev–Trinajstić information content (AvgIpc) is 3.55. The second kappa shape index (κ2) is 9.05. The van der Waals surface area contributed by atoms with Crippen molar-refractivity contribution in [2.24, 2.45) is 0 Å². The molecule has 0 spiro atoms. The molecule has 3 rings (SSSR count). The maximum absolute atomic E-state index is 12.2. The van der Waals surface area contributed by atoms with Crippen LogP contribution in [-0.2, 0) is 11.2 Å². The number of nitro groups is 1. The fourth-order valence-electron chi connectivity index (χ4n) is 2.60. The molecule has 152 valence electrons. The van der Waals surface area contributed by atoms with Gasteiger partial charge in [0.25, 0.3) is 17.5 Å². The molecular formula is C20H22N4O5. The summed E-state index contributed by atoms with van der Waals surface area (Å²) in [5, 5.41) is 14.3. The van der Waals surface area contributed by atoms with E-state index in [9.17, 15) is 19.7 Å². The number of anilines is 1. The van der Waals surface area contributed by atoms with Crippen molar-refractivity contribution < 1.29 is 19.2 Å². The Kier molecular flexibility index (Phi) is 6.28. The van der Waals surface area contributed by atoms with Crippen molar-refractivity contribution >= 4 is 23.2 Å². The number of carbonyl (C=O) groups excluding carboxylic acids is 2. The van der Waals surface area contributed by atoms with Gasteiger partial charge in [0, 0.05) is 17.7 Å². The molecule has 9 nitrogen and oxygen atoms in total. The first-order chi connectivity index (χ1) is 14.0. The molecule has 0 heterocycles. The molecule has 2 aromatic rings. The number of nitrogens with zero attached hydrogens (tertiary/aromatic N) is 1. The lowest BCUT2D eigenvalue weighted by molar-refractivity contribution is -0.384. The molecule has 2 amide bonds. The third-order valence-electron chi connectivity index (χ3n) is 4.41. The van der Waals surface area contributed by atoms with Crippen molar-refractivity contribution in [2.45, 2.75) is 32.2 Å². The Morgan fingerprint density at radius 3 is 2.48 bits per heavy atom. The minimum absolute atomic E-state index is 0.0643. The summed E-state index contributed by atoms with van der Waals surface area (Å²) in [6, 6.07) is 11.7. The van der Waals surface area contributed by atoms with Gasteiger partial charge in [0.2, 0.25) is 0 Å². The molecule has 0 atom stereocenters. The van der Waals surface area contributed by atoms with E-state index in [0.29, 0.717) is 11.4 Å². The van der Waals surface area contributed by atoms with Crippen LogP contribution in [0.5, 0.6) is 5.75 Å². The molecule has 0 aliphatic heterocycles. The van der Waals surface area contributed by atoms with Gasteiger partial charge in [0.05, 0.1) is 4.92 Å². The van der Waals surface area contributed by atoms with E-state index in [1.807, 2.05) is 19.1 Å². The highest BCUT2D eigenvalue weighted by atomic mass is 16.6. The number of amides is 2. The molecule has 0 bridgehead atoms. The second-order valence-electron chi connectivity index (χ2n) is 6.70. The van der Waals surface area contributed by atoms with E-state index in [4.69, 9.17) is 4.74 Å². The number of hydrogen-bond acceptors (Lipinski definition) is 6. The number of hydrazine groups is 1. The maximum Gasteiger partial charge on any atom is 0.293 e. The smallest absolute Gasteiger partial charge is 0.293 e. The summed E-state index contributed by atoms with van der Waals surface area (Å²) in [5.74, 6) is -0.677. The SMILES string of the molecule is CCc1ccc(OCC(=O)NNC(=O)c2ccc(NC3CC3)c([N+](=O)[O-])c2)cc1. The van der Waals surface area contributed by atoms with Crippen molar-refractivity contribution in [1.82, 2.24) is 10.9 Å². The van der Waals surface area contributed by atoms with Crippen LogP contribution in [0.4, 0.5) is 11.4 Å². The van der Waals surface area contributed by atoms with E-state index in [-0.39, 0.29) is 23.9 Å². The number of nitro benzene ring substituents is 1. The van der Waals surface area contributed by atoms with Gasteiger partial charge in [-0.05, 0) is 49.1 Å². The zero-order valence-corrected chi connectivity index (χ0v) is 15.9. The van der Waals surface area contributed by atoms with Crippen LogP contribution in [0.3, 0.4) is 0 Å². The Labute approximate surface area is 167 Å². The normalized spacial score (nSPS) is 12.7. The van der Waals surface area contributed by atoms with Gasteiger partial charge in [0.15, 0.2) is 6.61 Å². The Balaban J connectivity index is 1.51. The molecule has 2 aromatic carbocycles. The first kappa shape index (κ1) is 20.1. The fourth-order valence-corrected chi connectivity index (χ4v) is 2.60. The Bertz CT molecular complexity index is 910. The van der Waals surface area contributed by atoms with Gasteiger partial charge in [-0.2, -0.15) is 0 Å². The van der Waals surface area contributed by atoms with Gasteiger partial charge >= 0.3 is 0 Å². The van der Waals surface area contributed by atoms with Gasteiger partial charge in [-0.15, -0.1) is 0 Å². The zero-order chi connectivity index (χ0) is 20.8. The molecule has 0 aromatic heterocycles. The number of rotatable bonds is 8. The summed E-state index contributed by atoms with van der Waals surface area (Å²) in [7, 11) is 0. The number of hydrogen-bond donors (Lipinski definition) is 3. The average molecular weight is 398 g/mol. The number of aryl methyl sites for hydroxylation is 1. The molecule has 1 aliphatic rings. The predicted molar refractivity (Wildman–Crippen MR) is 107 cm³/mol. The first-order valence-corrected chi connectivity index (χ1v) is 9.32. The topological polar surface area (TPSA) is 123 Å². The van der Waals surface area contributed by atoms with Crippen molar-refractivity contribution in [3.05, 3.63) is 63.7 Å². The minimum atomic E-state index is -0.660. The van der Waals surface area contributed by atoms with Crippen LogP contribution < -0.4 is 20.9 Å². The molecule has 29 heavy (non-hydrogen) atoms. The van der Waals surface area contributed by atoms with Gasteiger partial charge in [-0.3, -0.25) is 30.6 Å². The van der Waals surface area contributed by atoms with Crippen LogP contribution >= 0.6 is 0 Å². The van der Waals surface area contributed by atoms with Crippen LogP contribution in [0, 0.1) is 10.1 Å². The van der Waals surface area contributed by atoms with Crippen LogP contribution in [0.15, 0.2) is 42.5 Å². The lowest BCUT2D eigenvalue weighted by atomic mass is 10.1. The fraction of sp³-hybridized carbons (Fsp3) is 0.300. The highest BCUT2D eigenvalue weighted by Gasteiger charge is 2.25. The molecule has 0 unspecified atom stereocenters. The van der Waals surface area contributed by atoms with Crippen molar-refractivity contribution in [3.63, 3.8) is 0 Å². The van der Waals surface area contributed by atoms with Crippen LogP contribution in [-0.4, -0.2) is 29.4 Å². The molecule has 1 aliphatic carbocycles. The monoisotopic (exact) mass is 398 g/mol. The predicted octanol–water partition coefficient (Wildman–Crippen LogP) is 2.57.